The number of sulfonamides is 1. The van der Waals surface area contributed by atoms with Crippen molar-refractivity contribution < 1.29 is 18.3 Å². The second-order valence-electron chi connectivity index (χ2n) is 5.28. The van der Waals surface area contributed by atoms with Crippen LogP contribution in [0.2, 0.25) is 5.02 Å². The fourth-order valence-corrected chi connectivity index (χ4v) is 3.99. The molecule has 1 aliphatic heterocycles. The summed E-state index contributed by atoms with van der Waals surface area (Å²) in [5.74, 6) is 0.228. The lowest BCUT2D eigenvalue weighted by Crippen LogP contribution is -2.35. The number of nitrogens with zero attached hydrogens (tertiary/aromatic N) is 1. The molecule has 5 nitrogen and oxygen atoms in total. The summed E-state index contributed by atoms with van der Waals surface area (Å²) in [4.78, 5) is 0.143. The third kappa shape index (κ3) is 3.96. The highest BCUT2D eigenvalue weighted by atomic mass is 35.5. The van der Waals surface area contributed by atoms with Gasteiger partial charge in [0.2, 0.25) is 10.0 Å². The van der Waals surface area contributed by atoms with Gasteiger partial charge in [0, 0.05) is 25.2 Å². The van der Waals surface area contributed by atoms with Crippen LogP contribution < -0.4 is 0 Å². The Hall–Kier alpha value is -0.660. The average molecular weight is 334 g/mol. The minimum Gasteiger partial charge on any atom is -0.392 e. The van der Waals surface area contributed by atoms with Crippen LogP contribution in [0.15, 0.2) is 23.1 Å². The predicted molar refractivity (Wildman–Crippen MR) is 80.7 cm³/mol. The number of rotatable bonds is 5. The van der Waals surface area contributed by atoms with Crippen LogP contribution in [-0.4, -0.2) is 44.6 Å². The molecule has 1 aromatic carbocycles. The van der Waals surface area contributed by atoms with Crippen molar-refractivity contribution in [3.63, 3.8) is 0 Å². The van der Waals surface area contributed by atoms with Gasteiger partial charge in [0.05, 0.1) is 18.1 Å². The van der Waals surface area contributed by atoms with Gasteiger partial charge in [0.25, 0.3) is 0 Å². The predicted octanol–water partition coefficient (Wildman–Crippen LogP) is 1.88. The molecule has 0 aliphatic carbocycles. The summed E-state index contributed by atoms with van der Waals surface area (Å²) in [6, 6.07) is 4.39. The first-order valence-corrected chi connectivity index (χ1v) is 8.70. The molecule has 2 rings (SSSR count). The highest BCUT2D eigenvalue weighted by Gasteiger charge is 2.25. The van der Waals surface area contributed by atoms with Gasteiger partial charge in [0.15, 0.2) is 0 Å². The second-order valence-corrected chi connectivity index (χ2v) is 7.73. The number of halogens is 1. The van der Waals surface area contributed by atoms with Gasteiger partial charge in [-0.1, -0.05) is 17.7 Å². The molecule has 1 unspecified atom stereocenters. The van der Waals surface area contributed by atoms with E-state index in [1.165, 1.54) is 22.5 Å². The van der Waals surface area contributed by atoms with E-state index in [9.17, 15) is 8.42 Å². The van der Waals surface area contributed by atoms with Crippen LogP contribution >= 0.6 is 11.6 Å². The van der Waals surface area contributed by atoms with Gasteiger partial charge < -0.3 is 9.84 Å². The van der Waals surface area contributed by atoms with E-state index in [4.69, 9.17) is 21.4 Å². The van der Waals surface area contributed by atoms with Gasteiger partial charge in [-0.15, -0.1) is 0 Å². The fourth-order valence-electron chi connectivity index (χ4n) is 2.41. The Morgan fingerprint density at radius 3 is 2.81 bits per heavy atom. The Morgan fingerprint density at radius 1 is 1.48 bits per heavy atom. The topological polar surface area (TPSA) is 66.8 Å². The van der Waals surface area contributed by atoms with Crippen molar-refractivity contribution in [2.45, 2.75) is 24.3 Å². The first-order chi connectivity index (χ1) is 9.95. The zero-order chi connectivity index (χ0) is 15.5. The number of aliphatic hydroxyl groups is 1. The van der Waals surface area contributed by atoms with E-state index in [2.05, 4.69) is 0 Å². The molecule has 0 bridgehead atoms. The molecule has 1 atom stereocenters. The van der Waals surface area contributed by atoms with Crippen LogP contribution in [0.5, 0.6) is 0 Å². The lowest BCUT2D eigenvalue weighted by molar-refractivity contribution is 0.0495. The zero-order valence-corrected chi connectivity index (χ0v) is 13.5. The molecule has 1 N–H and O–H groups in total. The van der Waals surface area contributed by atoms with E-state index in [1.54, 1.807) is 7.05 Å². The second kappa shape index (κ2) is 7.07. The molecule has 0 saturated carbocycles. The molecule has 0 spiro atoms. The molecule has 0 amide bonds. The molecule has 0 radical (unpaired) electrons. The molecule has 1 fully saturated rings. The average Bonchev–Trinajstić information content (AvgIpc) is 2.48. The van der Waals surface area contributed by atoms with Gasteiger partial charge >= 0.3 is 0 Å². The third-order valence-electron chi connectivity index (χ3n) is 3.67. The van der Waals surface area contributed by atoms with Crippen LogP contribution in [-0.2, 0) is 21.4 Å². The van der Waals surface area contributed by atoms with Crippen LogP contribution in [0.4, 0.5) is 0 Å². The van der Waals surface area contributed by atoms with Crippen LogP contribution in [0.25, 0.3) is 0 Å². The maximum Gasteiger partial charge on any atom is 0.242 e. The monoisotopic (exact) mass is 333 g/mol. The number of hydrogen-bond donors (Lipinski definition) is 1. The summed E-state index contributed by atoms with van der Waals surface area (Å²) in [5.41, 5.74) is 0.513. The van der Waals surface area contributed by atoms with Crippen molar-refractivity contribution in [3.8, 4) is 0 Å². The standard InChI is InChI=1S/C14H20ClNO4S/c1-16(8-11-3-2-6-20-10-11)21(18,19)13-5-4-12(9-17)14(15)7-13/h4-5,7,11,17H,2-3,6,8-10H2,1H3. The van der Waals surface area contributed by atoms with Gasteiger partial charge in [-0.3, -0.25) is 0 Å². The SMILES string of the molecule is CN(CC1CCCOC1)S(=O)(=O)c1ccc(CO)c(Cl)c1. The number of hydrogen-bond acceptors (Lipinski definition) is 4. The lowest BCUT2D eigenvalue weighted by Gasteiger charge is -2.26. The summed E-state index contributed by atoms with van der Waals surface area (Å²) in [6.45, 7) is 1.57. The maximum absolute atomic E-state index is 12.5. The molecule has 1 aromatic rings. The van der Waals surface area contributed by atoms with Crippen molar-refractivity contribution in [1.82, 2.24) is 4.31 Å². The molecule has 7 heteroatoms. The van der Waals surface area contributed by atoms with Gasteiger partial charge in [-0.05, 0) is 36.5 Å². The molecular weight excluding hydrogens is 314 g/mol. The van der Waals surface area contributed by atoms with E-state index in [0.29, 0.717) is 18.7 Å². The summed E-state index contributed by atoms with van der Waals surface area (Å²) in [6.07, 6.45) is 1.94. The molecular formula is C14H20ClNO4S. The fraction of sp³-hybridized carbons (Fsp3) is 0.571. The minimum absolute atomic E-state index is 0.143. The highest BCUT2D eigenvalue weighted by molar-refractivity contribution is 7.89. The normalized spacial score (nSPS) is 19.9. The third-order valence-corrected chi connectivity index (χ3v) is 5.84. The number of benzene rings is 1. The quantitative estimate of drug-likeness (QED) is 0.893. The first-order valence-electron chi connectivity index (χ1n) is 6.88. The van der Waals surface area contributed by atoms with Crippen molar-refractivity contribution in [2.75, 3.05) is 26.8 Å². The van der Waals surface area contributed by atoms with Crippen molar-refractivity contribution in [3.05, 3.63) is 28.8 Å². The Bertz CT molecular complexity index is 585. The molecule has 21 heavy (non-hydrogen) atoms. The first kappa shape index (κ1) is 16.7. The van der Waals surface area contributed by atoms with Crippen LogP contribution in [0.1, 0.15) is 18.4 Å². The lowest BCUT2D eigenvalue weighted by atomic mass is 10.0. The van der Waals surface area contributed by atoms with Crippen molar-refractivity contribution in [2.24, 2.45) is 5.92 Å². The Morgan fingerprint density at radius 2 is 2.24 bits per heavy atom. The Labute approximate surface area is 130 Å². The summed E-state index contributed by atoms with van der Waals surface area (Å²) >= 11 is 5.97. The van der Waals surface area contributed by atoms with Crippen molar-refractivity contribution >= 4 is 21.6 Å². The molecule has 0 aromatic heterocycles. The molecule has 1 aliphatic rings. The largest absolute Gasteiger partial charge is 0.392 e. The van der Waals surface area contributed by atoms with Gasteiger partial charge in [-0.2, -0.15) is 0 Å². The van der Waals surface area contributed by atoms with Gasteiger partial charge in [-0.25, -0.2) is 12.7 Å². The zero-order valence-electron chi connectivity index (χ0n) is 12.0. The molecule has 118 valence electrons. The van der Waals surface area contributed by atoms with Gasteiger partial charge in [0.1, 0.15) is 0 Å². The maximum atomic E-state index is 12.5. The minimum atomic E-state index is -3.57. The van der Waals surface area contributed by atoms with E-state index in [1.807, 2.05) is 0 Å². The summed E-state index contributed by atoms with van der Waals surface area (Å²) < 4.78 is 31.8. The summed E-state index contributed by atoms with van der Waals surface area (Å²) in [7, 11) is -2.01. The number of ether oxygens (including phenoxy) is 1. The highest BCUT2D eigenvalue weighted by Crippen LogP contribution is 2.24. The van der Waals surface area contributed by atoms with E-state index in [0.717, 1.165) is 19.4 Å². The van der Waals surface area contributed by atoms with Crippen LogP contribution in [0, 0.1) is 5.92 Å². The Kier molecular flexibility index (Phi) is 5.62. The smallest absolute Gasteiger partial charge is 0.242 e. The van der Waals surface area contributed by atoms with E-state index in [-0.39, 0.29) is 22.4 Å². The van der Waals surface area contributed by atoms with Crippen LogP contribution in [0.3, 0.4) is 0 Å². The molecule has 1 saturated heterocycles. The summed E-state index contributed by atoms with van der Waals surface area (Å²) in [5, 5.41) is 9.34. The number of aliphatic hydroxyl groups excluding tert-OH is 1. The Balaban J connectivity index is 2.14. The van der Waals surface area contributed by atoms with E-state index < -0.39 is 10.0 Å². The van der Waals surface area contributed by atoms with E-state index >= 15 is 0 Å². The van der Waals surface area contributed by atoms with Crippen molar-refractivity contribution in [1.29, 1.82) is 0 Å². The molecule has 1 heterocycles.